The molecular weight excluding hydrogens is 604 g/mol. The lowest BCUT2D eigenvalue weighted by molar-refractivity contribution is -0.162. The minimum Gasteiger partial charge on any atom is -0.272 e. The van der Waals surface area contributed by atoms with E-state index in [9.17, 15) is 32.0 Å². The first kappa shape index (κ1) is 32.4. The Kier molecular flexibility index (Phi) is 9.59. The molecule has 0 aromatic heterocycles. The number of nitrogens with zero attached hydrogens (tertiary/aromatic N) is 3. The van der Waals surface area contributed by atoms with Gasteiger partial charge < -0.3 is 0 Å². The van der Waals surface area contributed by atoms with Crippen LogP contribution in [0.15, 0.2) is 107 Å². The van der Waals surface area contributed by atoms with Crippen LogP contribution >= 0.6 is 11.6 Å². The fraction of sp³-hybridized carbons (Fsp3) is 0.212. The molecule has 0 bridgehead atoms. The van der Waals surface area contributed by atoms with Crippen molar-refractivity contribution in [2.45, 2.75) is 42.2 Å². The molecule has 3 atom stereocenters. The second-order valence-electron chi connectivity index (χ2n) is 10.2. The zero-order valence-electron chi connectivity index (χ0n) is 23.1. The predicted molar refractivity (Wildman–Crippen MR) is 157 cm³/mol. The Morgan fingerprint density at radius 3 is 2.41 bits per heavy atom. The van der Waals surface area contributed by atoms with Gasteiger partial charge in [-0.25, -0.2) is 18.2 Å². The van der Waals surface area contributed by atoms with Crippen LogP contribution < -0.4 is 0 Å². The lowest BCUT2D eigenvalue weighted by Gasteiger charge is -2.32. The van der Waals surface area contributed by atoms with Crippen molar-refractivity contribution in [1.82, 2.24) is 0 Å². The number of hydrogen-bond donors (Lipinski definition) is 0. The quantitative estimate of drug-likeness (QED) is 0.143. The molecule has 3 aromatic carbocycles. The van der Waals surface area contributed by atoms with E-state index in [1.165, 1.54) is 54.8 Å². The van der Waals surface area contributed by atoms with Crippen molar-refractivity contribution in [1.29, 1.82) is 5.26 Å². The molecule has 2 unspecified atom stereocenters. The predicted octanol–water partition coefficient (Wildman–Crippen LogP) is 8.36. The molecular formula is C33H24ClF6N3O. The van der Waals surface area contributed by atoms with E-state index in [0.29, 0.717) is 18.6 Å². The topological polar surface area (TPSA) is 65.6 Å². The minimum atomic E-state index is -5.02. The summed E-state index contributed by atoms with van der Waals surface area (Å²) in [5.74, 6) is -8.79. The molecule has 0 spiro atoms. The first-order valence-electron chi connectivity index (χ1n) is 13.2. The average molecular weight is 628 g/mol. The standard InChI is InChI=1S/C33H24ClF6N3O/c1-31(36,37)24-14-25(16-27(35)15-24)32(28-12-6-11-26(34)19-42-28,17-21-7-5-8-22(13-21)18-41)20-43-30(44)29(33(38,39)40)23-9-3-2-4-10-23/h2-16,19-20,26,29H,17H2,1H3/t26-,29?,32?/m1/s1. The van der Waals surface area contributed by atoms with Gasteiger partial charge in [-0.3, -0.25) is 9.79 Å². The highest BCUT2D eigenvalue weighted by Crippen LogP contribution is 2.41. The Bertz CT molecular complexity index is 1690. The lowest BCUT2D eigenvalue weighted by Crippen LogP contribution is -2.35. The van der Waals surface area contributed by atoms with E-state index in [1.54, 1.807) is 12.1 Å². The minimum absolute atomic E-state index is 0.0232. The number of halogens is 7. The highest BCUT2D eigenvalue weighted by molar-refractivity contribution is 6.29. The Hall–Kier alpha value is -4.49. The average Bonchev–Trinajstić information content (AvgIpc) is 3.19. The van der Waals surface area contributed by atoms with Gasteiger partial charge in [0.15, 0.2) is 5.92 Å². The summed E-state index contributed by atoms with van der Waals surface area (Å²) in [6, 6.07) is 17.1. The van der Waals surface area contributed by atoms with Gasteiger partial charge in [-0.05, 0) is 59.5 Å². The Morgan fingerprint density at radius 2 is 1.75 bits per heavy atom. The number of nitriles is 1. The summed E-state index contributed by atoms with van der Waals surface area (Å²) in [7, 11) is 0. The molecule has 0 fully saturated rings. The van der Waals surface area contributed by atoms with E-state index in [-0.39, 0.29) is 28.8 Å². The fourth-order valence-corrected chi connectivity index (χ4v) is 4.97. The number of rotatable bonds is 8. The van der Waals surface area contributed by atoms with Crippen molar-refractivity contribution in [3.8, 4) is 6.07 Å². The summed E-state index contributed by atoms with van der Waals surface area (Å²) < 4.78 is 86.7. The van der Waals surface area contributed by atoms with E-state index in [0.717, 1.165) is 30.5 Å². The van der Waals surface area contributed by atoms with E-state index in [2.05, 4.69) is 9.98 Å². The van der Waals surface area contributed by atoms with E-state index in [4.69, 9.17) is 11.6 Å². The van der Waals surface area contributed by atoms with Gasteiger partial charge in [0.25, 0.3) is 11.8 Å². The van der Waals surface area contributed by atoms with Gasteiger partial charge in [-0.1, -0.05) is 54.6 Å². The molecule has 0 N–H and O–H groups in total. The van der Waals surface area contributed by atoms with Crippen molar-refractivity contribution >= 4 is 29.9 Å². The summed E-state index contributed by atoms with van der Waals surface area (Å²) in [4.78, 5) is 21.4. The van der Waals surface area contributed by atoms with Gasteiger partial charge in [-0.15, -0.1) is 11.6 Å². The molecule has 0 radical (unpaired) electrons. The number of aliphatic imine (C=N–C) groups is 2. The largest absolute Gasteiger partial charge is 0.404 e. The molecule has 0 saturated carbocycles. The molecule has 44 heavy (non-hydrogen) atoms. The molecule has 4 rings (SSSR count). The second-order valence-corrected chi connectivity index (χ2v) is 10.7. The van der Waals surface area contributed by atoms with Gasteiger partial charge in [0.2, 0.25) is 0 Å². The first-order chi connectivity index (χ1) is 20.7. The number of hydrogen-bond acceptors (Lipinski definition) is 3. The molecule has 4 nitrogen and oxygen atoms in total. The Labute approximate surface area is 254 Å². The monoisotopic (exact) mass is 627 g/mol. The molecule has 1 aliphatic rings. The molecule has 0 aliphatic carbocycles. The normalized spacial score (nSPS) is 17.4. The Morgan fingerprint density at radius 1 is 1.05 bits per heavy atom. The van der Waals surface area contributed by atoms with Crippen molar-refractivity contribution in [3.63, 3.8) is 0 Å². The maximum absolute atomic E-state index is 15.0. The first-order valence-corrected chi connectivity index (χ1v) is 13.6. The zero-order valence-corrected chi connectivity index (χ0v) is 23.8. The van der Waals surface area contributed by atoms with Crippen molar-refractivity contribution < 1.29 is 31.1 Å². The van der Waals surface area contributed by atoms with Crippen molar-refractivity contribution in [2.75, 3.05) is 0 Å². The van der Waals surface area contributed by atoms with Crippen molar-refractivity contribution in [3.05, 3.63) is 130 Å². The third-order valence-corrected chi connectivity index (χ3v) is 7.20. The summed E-state index contributed by atoms with van der Waals surface area (Å²) in [6.07, 6.45) is 1.35. The number of carbonyl (C=O) groups is 1. The third kappa shape index (κ3) is 7.53. The SMILES string of the molecule is CC(F)(F)c1cc(F)cc(C(C=NC(=O)C(c2ccccc2)C(F)(F)F)(Cc2cccc(C#N)c2)C2=CC=C[C@@H](Cl)C=N2)c1. The third-order valence-electron chi connectivity index (χ3n) is 6.94. The van der Waals surface area contributed by atoms with Crippen LogP contribution in [0.2, 0.25) is 0 Å². The van der Waals surface area contributed by atoms with Crippen LogP contribution in [0, 0.1) is 17.1 Å². The van der Waals surface area contributed by atoms with Gasteiger partial charge in [0.1, 0.15) is 5.82 Å². The van der Waals surface area contributed by atoms with Gasteiger partial charge >= 0.3 is 6.18 Å². The maximum Gasteiger partial charge on any atom is 0.404 e. The van der Waals surface area contributed by atoms with E-state index in [1.807, 2.05) is 6.07 Å². The number of amides is 1. The number of allylic oxidation sites excluding steroid dienone is 4. The molecule has 226 valence electrons. The molecule has 1 aliphatic heterocycles. The summed E-state index contributed by atoms with van der Waals surface area (Å²) in [5, 5.41) is 8.75. The maximum atomic E-state index is 15.0. The second kappa shape index (κ2) is 13.0. The van der Waals surface area contributed by atoms with Gasteiger partial charge in [-0.2, -0.15) is 18.4 Å². The van der Waals surface area contributed by atoms with Crippen LogP contribution in [0.3, 0.4) is 0 Å². The fourth-order valence-electron chi connectivity index (χ4n) is 4.83. The molecule has 0 saturated heterocycles. The molecule has 11 heteroatoms. The number of benzene rings is 3. The zero-order chi connectivity index (χ0) is 32.1. The summed E-state index contributed by atoms with van der Waals surface area (Å²) in [5.41, 5.74) is -2.47. The van der Waals surface area contributed by atoms with E-state index >= 15 is 4.39 Å². The highest BCUT2D eigenvalue weighted by Gasteiger charge is 2.46. The number of carbonyl (C=O) groups excluding carboxylic acids is 1. The van der Waals surface area contributed by atoms with Gasteiger partial charge in [0, 0.05) is 24.9 Å². The van der Waals surface area contributed by atoms with Crippen LogP contribution in [-0.2, 0) is 22.6 Å². The van der Waals surface area contributed by atoms with E-state index < -0.39 is 46.1 Å². The molecule has 3 aromatic rings. The molecule has 1 amide bonds. The van der Waals surface area contributed by atoms with Crippen molar-refractivity contribution in [2.24, 2.45) is 9.98 Å². The van der Waals surface area contributed by atoms with Crippen LogP contribution in [0.5, 0.6) is 0 Å². The number of alkyl halides is 6. The van der Waals surface area contributed by atoms with Crippen LogP contribution in [0.25, 0.3) is 0 Å². The van der Waals surface area contributed by atoms with Gasteiger partial charge in [0.05, 0.1) is 28.1 Å². The van der Waals surface area contributed by atoms with Crippen LogP contribution in [0.1, 0.15) is 40.7 Å². The van der Waals surface area contributed by atoms with Crippen LogP contribution in [0.4, 0.5) is 26.3 Å². The highest BCUT2D eigenvalue weighted by atomic mass is 35.5. The summed E-state index contributed by atoms with van der Waals surface area (Å²) in [6.45, 7) is 0.568. The summed E-state index contributed by atoms with van der Waals surface area (Å²) >= 11 is 6.20. The Balaban J connectivity index is 2.02. The lowest BCUT2D eigenvalue weighted by atomic mass is 9.72. The molecule has 1 heterocycles. The van der Waals surface area contributed by atoms with Crippen LogP contribution in [-0.4, -0.2) is 29.9 Å². The smallest absolute Gasteiger partial charge is 0.272 e.